The fraction of sp³-hybridized carbons (Fsp3) is 0.312. The largest absolute Gasteiger partial charge is 0.495 e. The van der Waals surface area contributed by atoms with Gasteiger partial charge in [0.25, 0.3) is 0 Å². The van der Waals surface area contributed by atoms with Crippen molar-refractivity contribution in [1.82, 2.24) is 10.3 Å². The molecule has 19 heavy (non-hydrogen) atoms. The number of benzene rings is 1. The summed E-state index contributed by atoms with van der Waals surface area (Å²) in [6.07, 6.45) is 1.80. The molecule has 1 unspecified atom stereocenters. The maximum Gasteiger partial charge on any atom is 0.142 e. The molecule has 1 aromatic heterocycles. The third-order valence-electron chi connectivity index (χ3n) is 3.32. The molecule has 100 valence electrons. The molecule has 3 heteroatoms. The average molecular weight is 256 g/mol. The summed E-state index contributed by atoms with van der Waals surface area (Å²) in [5.74, 6) is 0.807. The van der Waals surface area contributed by atoms with Crippen molar-refractivity contribution >= 4 is 0 Å². The first-order valence-corrected chi connectivity index (χ1v) is 6.40. The van der Waals surface area contributed by atoms with Crippen LogP contribution in [0.25, 0.3) is 0 Å². The Hall–Kier alpha value is -1.87. The Balaban J connectivity index is 2.50. The lowest BCUT2D eigenvalue weighted by molar-refractivity contribution is 0.401. The van der Waals surface area contributed by atoms with Gasteiger partial charge in [-0.25, -0.2) is 0 Å². The van der Waals surface area contributed by atoms with Crippen LogP contribution in [0.2, 0.25) is 0 Å². The van der Waals surface area contributed by atoms with Crippen molar-refractivity contribution in [3.05, 3.63) is 58.9 Å². The predicted octanol–water partition coefficient (Wildman–Crippen LogP) is 3.02. The second kappa shape index (κ2) is 5.85. The summed E-state index contributed by atoms with van der Waals surface area (Å²) >= 11 is 0. The Labute approximate surface area is 114 Å². The van der Waals surface area contributed by atoms with Crippen LogP contribution in [0.4, 0.5) is 0 Å². The smallest absolute Gasteiger partial charge is 0.142 e. The fourth-order valence-electron chi connectivity index (χ4n) is 2.38. The first kappa shape index (κ1) is 13.6. The van der Waals surface area contributed by atoms with Crippen molar-refractivity contribution in [1.29, 1.82) is 0 Å². The van der Waals surface area contributed by atoms with E-state index in [1.54, 1.807) is 13.3 Å². The molecule has 0 spiro atoms. The van der Waals surface area contributed by atoms with Crippen molar-refractivity contribution in [3.8, 4) is 5.75 Å². The van der Waals surface area contributed by atoms with Crippen LogP contribution in [-0.4, -0.2) is 19.1 Å². The van der Waals surface area contributed by atoms with Gasteiger partial charge in [-0.15, -0.1) is 0 Å². The number of hydrogen-bond acceptors (Lipinski definition) is 3. The van der Waals surface area contributed by atoms with Crippen molar-refractivity contribution in [2.75, 3.05) is 14.2 Å². The van der Waals surface area contributed by atoms with Gasteiger partial charge >= 0.3 is 0 Å². The van der Waals surface area contributed by atoms with E-state index >= 15 is 0 Å². The first-order valence-electron chi connectivity index (χ1n) is 6.40. The molecule has 0 radical (unpaired) electrons. The van der Waals surface area contributed by atoms with Crippen LogP contribution < -0.4 is 10.1 Å². The SMILES string of the molecule is CNC(c1ccc(C)cc1C)c1ncccc1OC. The Morgan fingerprint density at radius 1 is 1.21 bits per heavy atom. The minimum atomic E-state index is 0.0387. The summed E-state index contributed by atoms with van der Waals surface area (Å²) < 4.78 is 5.41. The lowest BCUT2D eigenvalue weighted by Crippen LogP contribution is -2.20. The van der Waals surface area contributed by atoms with E-state index in [1.807, 2.05) is 19.2 Å². The number of rotatable bonds is 4. The zero-order valence-corrected chi connectivity index (χ0v) is 11.9. The van der Waals surface area contributed by atoms with Gasteiger partial charge in [0.05, 0.1) is 13.2 Å². The zero-order valence-electron chi connectivity index (χ0n) is 11.9. The molecule has 2 rings (SSSR count). The Morgan fingerprint density at radius 2 is 2.00 bits per heavy atom. The Bertz CT molecular complexity index is 566. The molecule has 0 bridgehead atoms. The fourth-order valence-corrected chi connectivity index (χ4v) is 2.38. The van der Waals surface area contributed by atoms with Gasteiger partial charge in [0.1, 0.15) is 11.4 Å². The number of pyridine rings is 1. The van der Waals surface area contributed by atoms with Crippen LogP contribution >= 0.6 is 0 Å². The molecule has 1 N–H and O–H groups in total. The van der Waals surface area contributed by atoms with Crippen molar-refractivity contribution < 1.29 is 4.74 Å². The highest BCUT2D eigenvalue weighted by atomic mass is 16.5. The average Bonchev–Trinajstić information content (AvgIpc) is 2.42. The van der Waals surface area contributed by atoms with Gasteiger partial charge in [-0.1, -0.05) is 23.8 Å². The monoisotopic (exact) mass is 256 g/mol. The molecular formula is C16H20N2O. The van der Waals surface area contributed by atoms with Crippen LogP contribution in [0.1, 0.15) is 28.4 Å². The van der Waals surface area contributed by atoms with Gasteiger partial charge in [0.15, 0.2) is 0 Å². The van der Waals surface area contributed by atoms with E-state index in [0.717, 1.165) is 11.4 Å². The molecule has 0 aliphatic carbocycles. The molecular weight excluding hydrogens is 236 g/mol. The number of hydrogen-bond donors (Lipinski definition) is 1. The van der Waals surface area contributed by atoms with Gasteiger partial charge in [-0.05, 0) is 44.2 Å². The molecule has 0 aliphatic rings. The second-order valence-electron chi connectivity index (χ2n) is 4.67. The van der Waals surface area contributed by atoms with Gasteiger partial charge in [0.2, 0.25) is 0 Å². The summed E-state index contributed by atoms with van der Waals surface area (Å²) in [6, 6.07) is 10.3. The van der Waals surface area contributed by atoms with E-state index < -0.39 is 0 Å². The molecule has 1 aromatic carbocycles. The minimum Gasteiger partial charge on any atom is -0.495 e. The highest BCUT2D eigenvalue weighted by Gasteiger charge is 2.19. The number of aromatic nitrogens is 1. The Morgan fingerprint density at radius 3 is 2.63 bits per heavy atom. The third kappa shape index (κ3) is 2.76. The second-order valence-corrected chi connectivity index (χ2v) is 4.67. The zero-order chi connectivity index (χ0) is 13.8. The van der Waals surface area contributed by atoms with E-state index in [2.05, 4.69) is 42.3 Å². The van der Waals surface area contributed by atoms with Crippen LogP contribution in [0.15, 0.2) is 36.5 Å². The molecule has 0 saturated carbocycles. The number of ether oxygens (including phenoxy) is 1. The van der Waals surface area contributed by atoms with E-state index in [9.17, 15) is 0 Å². The lowest BCUT2D eigenvalue weighted by atomic mass is 9.96. The minimum absolute atomic E-state index is 0.0387. The van der Waals surface area contributed by atoms with Gasteiger partial charge in [-0.2, -0.15) is 0 Å². The summed E-state index contributed by atoms with van der Waals surface area (Å²) in [6.45, 7) is 4.23. The third-order valence-corrected chi connectivity index (χ3v) is 3.32. The van der Waals surface area contributed by atoms with E-state index in [4.69, 9.17) is 4.74 Å². The molecule has 0 aliphatic heterocycles. The number of methoxy groups -OCH3 is 1. The van der Waals surface area contributed by atoms with Crippen LogP contribution in [-0.2, 0) is 0 Å². The highest BCUT2D eigenvalue weighted by Crippen LogP contribution is 2.29. The summed E-state index contributed by atoms with van der Waals surface area (Å²) in [5.41, 5.74) is 4.67. The number of nitrogens with zero attached hydrogens (tertiary/aromatic N) is 1. The summed E-state index contributed by atoms with van der Waals surface area (Å²) in [5, 5.41) is 3.33. The number of nitrogens with one attached hydrogen (secondary N) is 1. The van der Waals surface area contributed by atoms with Crippen LogP contribution in [0.5, 0.6) is 5.75 Å². The maximum atomic E-state index is 5.41. The topological polar surface area (TPSA) is 34.2 Å². The van der Waals surface area contributed by atoms with E-state index in [-0.39, 0.29) is 6.04 Å². The van der Waals surface area contributed by atoms with Crippen molar-refractivity contribution in [2.45, 2.75) is 19.9 Å². The molecule has 1 atom stereocenters. The summed E-state index contributed by atoms with van der Waals surface area (Å²) in [4.78, 5) is 4.47. The van der Waals surface area contributed by atoms with Gasteiger partial charge in [0, 0.05) is 6.20 Å². The molecule has 0 fully saturated rings. The van der Waals surface area contributed by atoms with E-state index in [1.165, 1.54) is 16.7 Å². The van der Waals surface area contributed by atoms with Gasteiger partial charge < -0.3 is 10.1 Å². The normalized spacial score (nSPS) is 12.2. The molecule has 1 heterocycles. The van der Waals surface area contributed by atoms with E-state index in [0.29, 0.717) is 0 Å². The lowest BCUT2D eigenvalue weighted by Gasteiger charge is -2.20. The molecule has 0 saturated heterocycles. The first-order chi connectivity index (χ1) is 9.17. The van der Waals surface area contributed by atoms with Crippen LogP contribution in [0.3, 0.4) is 0 Å². The maximum absolute atomic E-state index is 5.41. The van der Waals surface area contributed by atoms with Crippen molar-refractivity contribution in [3.63, 3.8) is 0 Å². The quantitative estimate of drug-likeness (QED) is 0.913. The number of aryl methyl sites for hydroxylation is 2. The standard InChI is InChI=1S/C16H20N2O/c1-11-7-8-13(12(2)10-11)15(17-3)16-14(19-4)6-5-9-18-16/h5-10,15,17H,1-4H3. The predicted molar refractivity (Wildman–Crippen MR) is 77.6 cm³/mol. The van der Waals surface area contributed by atoms with Crippen LogP contribution in [0, 0.1) is 13.8 Å². The molecule has 2 aromatic rings. The Kier molecular flexibility index (Phi) is 4.17. The summed E-state index contributed by atoms with van der Waals surface area (Å²) in [7, 11) is 3.62. The molecule has 3 nitrogen and oxygen atoms in total. The molecule has 0 amide bonds. The van der Waals surface area contributed by atoms with Crippen molar-refractivity contribution in [2.24, 2.45) is 0 Å². The van der Waals surface area contributed by atoms with Gasteiger partial charge in [-0.3, -0.25) is 4.98 Å². The highest BCUT2D eigenvalue weighted by molar-refractivity contribution is 5.41.